The maximum atomic E-state index is 4.87. The van der Waals surface area contributed by atoms with Gasteiger partial charge in [0.25, 0.3) is 5.78 Å². The second-order valence-corrected chi connectivity index (χ2v) is 8.88. The van der Waals surface area contributed by atoms with E-state index in [-0.39, 0.29) is 0 Å². The first kappa shape index (κ1) is 16.4. The number of hydrogen-bond donors (Lipinski definition) is 1. The van der Waals surface area contributed by atoms with E-state index in [2.05, 4.69) is 50.8 Å². The van der Waals surface area contributed by atoms with Crippen molar-refractivity contribution in [2.24, 2.45) is 0 Å². The summed E-state index contributed by atoms with van der Waals surface area (Å²) in [6.45, 7) is 5.45. The SMILES string of the molecule is c1ccc(C[NH+]2CCc3c(sc4c3c(N3CCCC3)nc3nnnn34)C2)cc1. The molecule has 0 amide bonds. The van der Waals surface area contributed by atoms with Crippen LogP contribution < -0.4 is 9.80 Å². The molecule has 0 radical (unpaired) electrons. The number of anilines is 1. The maximum Gasteiger partial charge on any atom is 0.276 e. The largest absolute Gasteiger partial charge is 0.356 e. The van der Waals surface area contributed by atoms with E-state index < -0.39 is 0 Å². The average Bonchev–Trinajstić information content (AvgIpc) is 3.46. The van der Waals surface area contributed by atoms with Gasteiger partial charge in [-0.3, -0.25) is 0 Å². The summed E-state index contributed by atoms with van der Waals surface area (Å²) in [6, 6.07) is 10.8. The molecular weight excluding hydrogens is 370 g/mol. The number of hydrogen-bond acceptors (Lipinski definition) is 6. The number of fused-ring (bicyclic) bond motifs is 5. The lowest BCUT2D eigenvalue weighted by Crippen LogP contribution is -3.10. The fourth-order valence-corrected chi connectivity index (χ4v) is 5.99. The van der Waals surface area contributed by atoms with Crippen molar-refractivity contribution in [3.8, 4) is 0 Å². The van der Waals surface area contributed by atoms with Gasteiger partial charge in [0.05, 0.1) is 16.8 Å². The third-order valence-corrected chi connectivity index (χ3v) is 7.20. The summed E-state index contributed by atoms with van der Waals surface area (Å²) in [5, 5.41) is 13.5. The number of quaternary nitrogens is 1. The highest BCUT2D eigenvalue weighted by Crippen LogP contribution is 2.38. The molecule has 8 heteroatoms. The van der Waals surface area contributed by atoms with Gasteiger partial charge in [-0.1, -0.05) is 35.4 Å². The summed E-state index contributed by atoms with van der Waals surface area (Å²) >= 11 is 1.85. The molecule has 5 heterocycles. The van der Waals surface area contributed by atoms with Crippen molar-refractivity contribution in [2.45, 2.75) is 32.4 Å². The van der Waals surface area contributed by atoms with E-state index >= 15 is 0 Å². The second kappa shape index (κ2) is 6.49. The molecule has 1 atom stereocenters. The Morgan fingerprint density at radius 2 is 1.96 bits per heavy atom. The van der Waals surface area contributed by atoms with Crippen molar-refractivity contribution < 1.29 is 4.90 Å². The molecule has 142 valence electrons. The molecule has 28 heavy (non-hydrogen) atoms. The number of nitrogens with one attached hydrogen (secondary N) is 1. The molecule has 1 fully saturated rings. The predicted octanol–water partition coefficient (Wildman–Crippen LogP) is 1.48. The van der Waals surface area contributed by atoms with Crippen molar-refractivity contribution in [1.82, 2.24) is 25.0 Å². The zero-order valence-corrected chi connectivity index (χ0v) is 16.5. The van der Waals surface area contributed by atoms with E-state index in [9.17, 15) is 0 Å². The molecule has 6 rings (SSSR count). The van der Waals surface area contributed by atoms with Crippen molar-refractivity contribution >= 4 is 33.1 Å². The minimum Gasteiger partial charge on any atom is -0.356 e. The lowest BCUT2D eigenvalue weighted by molar-refractivity contribution is -0.929. The van der Waals surface area contributed by atoms with Gasteiger partial charge in [0.15, 0.2) is 0 Å². The zero-order chi connectivity index (χ0) is 18.5. The zero-order valence-electron chi connectivity index (χ0n) is 15.6. The molecule has 3 aromatic heterocycles. The Hall–Kier alpha value is -2.58. The highest BCUT2D eigenvalue weighted by Gasteiger charge is 2.29. The molecule has 0 saturated carbocycles. The van der Waals surface area contributed by atoms with Gasteiger partial charge in [0.2, 0.25) is 0 Å². The first-order chi connectivity index (χ1) is 13.9. The molecule has 1 N–H and O–H groups in total. The van der Waals surface area contributed by atoms with Crippen LogP contribution in [0.25, 0.3) is 16.0 Å². The van der Waals surface area contributed by atoms with E-state index in [4.69, 9.17) is 4.98 Å². The van der Waals surface area contributed by atoms with Crippen LogP contribution >= 0.6 is 11.3 Å². The third-order valence-electron chi connectivity index (χ3n) is 5.99. The van der Waals surface area contributed by atoms with E-state index in [1.807, 2.05) is 15.9 Å². The number of benzene rings is 1. The first-order valence-corrected chi connectivity index (χ1v) is 10.8. The summed E-state index contributed by atoms with van der Waals surface area (Å²) in [5.74, 6) is 1.71. The number of thiophene rings is 1. The van der Waals surface area contributed by atoms with Crippen molar-refractivity contribution in [1.29, 1.82) is 0 Å². The van der Waals surface area contributed by atoms with Crippen LogP contribution in [0.2, 0.25) is 0 Å². The fraction of sp³-hybridized carbons (Fsp3) is 0.400. The van der Waals surface area contributed by atoms with Crippen LogP contribution in [0, 0.1) is 0 Å². The Morgan fingerprint density at radius 3 is 2.82 bits per heavy atom. The molecule has 0 aliphatic carbocycles. The molecule has 0 spiro atoms. The number of tetrazole rings is 1. The molecule has 1 unspecified atom stereocenters. The smallest absolute Gasteiger partial charge is 0.276 e. The summed E-state index contributed by atoms with van der Waals surface area (Å²) in [5.41, 5.74) is 2.88. The predicted molar refractivity (Wildman–Crippen MR) is 109 cm³/mol. The van der Waals surface area contributed by atoms with Crippen LogP contribution in [0.3, 0.4) is 0 Å². The standard InChI is InChI=1S/C20H21N7S/c1-2-6-14(7-3-1)12-25-11-8-15-16(13-25)28-19-17(15)18(26-9-4-5-10-26)21-20-22-23-24-27(19)20/h1-3,6-7H,4-5,8-13H2/p+1. The fourth-order valence-electron chi connectivity index (χ4n) is 4.63. The van der Waals surface area contributed by atoms with E-state index in [0.717, 1.165) is 49.8 Å². The average molecular weight is 393 g/mol. The molecule has 1 saturated heterocycles. The van der Waals surface area contributed by atoms with Gasteiger partial charge in [-0.2, -0.15) is 9.50 Å². The topological polar surface area (TPSA) is 63.7 Å². The van der Waals surface area contributed by atoms with Gasteiger partial charge in [0.1, 0.15) is 23.7 Å². The van der Waals surface area contributed by atoms with Gasteiger partial charge in [-0.15, -0.1) is 11.3 Å². The van der Waals surface area contributed by atoms with Crippen LogP contribution in [0.1, 0.15) is 28.8 Å². The number of rotatable bonds is 3. The van der Waals surface area contributed by atoms with Crippen LogP contribution in [0.4, 0.5) is 5.82 Å². The number of aromatic nitrogens is 5. The third kappa shape index (κ3) is 2.59. The van der Waals surface area contributed by atoms with Crippen LogP contribution in [0.5, 0.6) is 0 Å². The summed E-state index contributed by atoms with van der Waals surface area (Å²) in [4.78, 5) is 11.5. The Bertz CT molecular complexity index is 1140. The molecule has 7 nitrogen and oxygen atoms in total. The van der Waals surface area contributed by atoms with Crippen LogP contribution in [0.15, 0.2) is 30.3 Å². The van der Waals surface area contributed by atoms with Gasteiger partial charge in [0, 0.05) is 25.1 Å². The van der Waals surface area contributed by atoms with E-state index in [1.54, 1.807) is 4.90 Å². The first-order valence-electron chi connectivity index (χ1n) is 10.0. The highest BCUT2D eigenvalue weighted by molar-refractivity contribution is 7.19. The Morgan fingerprint density at radius 1 is 1.11 bits per heavy atom. The lowest BCUT2D eigenvalue weighted by Gasteiger charge is -2.24. The highest BCUT2D eigenvalue weighted by atomic mass is 32.1. The Labute approximate surface area is 166 Å². The van der Waals surface area contributed by atoms with Crippen LogP contribution in [-0.4, -0.2) is 44.7 Å². The summed E-state index contributed by atoms with van der Waals surface area (Å²) in [6.07, 6.45) is 3.56. The van der Waals surface area contributed by atoms with Gasteiger partial charge >= 0.3 is 0 Å². The Balaban J connectivity index is 1.44. The van der Waals surface area contributed by atoms with E-state index in [1.165, 1.54) is 34.2 Å². The minimum absolute atomic E-state index is 0.612. The maximum absolute atomic E-state index is 4.87. The minimum atomic E-state index is 0.612. The molecule has 2 aliphatic heterocycles. The van der Waals surface area contributed by atoms with Crippen molar-refractivity contribution in [2.75, 3.05) is 24.5 Å². The van der Waals surface area contributed by atoms with Gasteiger partial charge < -0.3 is 9.80 Å². The lowest BCUT2D eigenvalue weighted by atomic mass is 10.0. The van der Waals surface area contributed by atoms with Gasteiger partial charge in [-0.05, 0) is 28.8 Å². The van der Waals surface area contributed by atoms with E-state index in [0.29, 0.717) is 5.78 Å². The normalized spacial score (nSPS) is 19.6. The Kier molecular flexibility index (Phi) is 3.80. The summed E-state index contributed by atoms with van der Waals surface area (Å²) < 4.78 is 1.83. The molecule has 4 aromatic rings. The second-order valence-electron chi connectivity index (χ2n) is 7.79. The molecule has 0 bridgehead atoms. The van der Waals surface area contributed by atoms with Crippen molar-refractivity contribution in [3.63, 3.8) is 0 Å². The quantitative estimate of drug-likeness (QED) is 0.572. The molecule has 2 aliphatic rings. The van der Waals surface area contributed by atoms with Crippen LogP contribution in [-0.2, 0) is 19.5 Å². The van der Waals surface area contributed by atoms with Crippen molar-refractivity contribution in [3.05, 3.63) is 46.3 Å². The summed E-state index contributed by atoms with van der Waals surface area (Å²) in [7, 11) is 0. The van der Waals surface area contributed by atoms with Gasteiger partial charge in [-0.25, -0.2) is 0 Å². The monoisotopic (exact) mass is 392 g/mol. The number of nitrogens with zero attached hydrogens (tertiary/aromatic N) is 6. The molecule has 1 aromatic carbocycles. The molecular formula is C20H22N7S+.